The molecule has 0 amide bonds. The van der Waals surface area contributed by atoms with Crippen molar-refractivity contribution in [1.82, 2.24) is 0 Å². The summed E-state index contributed by atoms with van der Waals surface area (Å²) in [4.78, 5) is 22.2. The fraction of sp³-hybridized carbons (Fsp3) is 0.110. The molecule has 101 heavy (non-hydrogen) atoms. The van der Waals surface area contributed by atoms with Crippen LogP contribution in [0.2, 0.25) is 0 Å². The number of hydrogen-bond donors (Lipinski definition) is 2. The van der Waals surface area contributed by atoms with E-state index >= 15 is 0 Å². The fourth-order valence-corrected chi connectivity index (χ4v) is 13.9. The summed E-state index contributed by atoms with van der Waals surface area (Å²) in [6.45, 7) is 3.58. The van der Waals surface area contributed by atoms with E-state index in [9.17, 15) is 19.8 Å². The van der Waals surface area contributed by atoms with Crippen LogP contribution in [0.4, 0.5) is 0 Å². The van der Waals surface area contributed by atoms with Crippen LogP contribution in [0.15, 0.2) is 291 Å². The first-order chi connectivity index (χ1) is 48.0. The molecule has 0 heterocycles. The van der Waals surface area contributed by atoms with Gasteiger partial charge in [-0.1, -0.05) is 291 Å². The minimum atomic E-state index is -0.482. The molecule has 0 bridgehead atoms. The summed E-state index contributed by atoms with van der Waals surface area (Å²) in [6, 6.07) is 100. The van der Waals surface area contributed by atoms with Gasteiger partial charge in [0.2, 0.25) is 0 Å². The number of ether oxygens (including phenoxy) is 4. The molecule has 0 radical (unpaired) electrons. The van der Waals surface area contributed by atoms with Gasteiger partial charge in [0.05, 0.1) is 12.2 Å². The van der Waals surface area contributed by atoms with Crippen molar-refractivity contribution in [1.29, 1.82) is 0 Å². The Morgan fingerprint density at radius 2 is 0.406 bits per heavy atom. The SMILES string of the molecule is CC(O)c1ccc(-c2c3ccccc3c(-c3ccc(C(C)O)cc3)c3ccccc23)cc1.COC(OC)c1ccc(-c2c3ccccc3c(-c3ccc(C(OC)OC)cc3)c3ccccc23)cc1.Cl.O=Cc1ccc(-c2c3ccccc3c(-c3ccc(C=O)cc3)c3ccccc23)cc1.[CH3-].[Li+]. The molecule has 0 aliphatic carbocycles. The summed E-state index contributed by atoms with van der Waals surface area (Å²) in [5.74, 6) is 0. The van der Waals surface area contributed by atoms with Crippen molar-refractivity contribution in [2.24, 2.45) is 0 Å². The Morgan fingerprint density at radius 3 is 0.545 bits per heavy atom. The first-order valence-corrected chi connectivity index (χ1v) is 32.8. The molecule has 0 saturated carbocycles. The van der Waals surface area contributed by atoms with Gasteiger partial charge in [-0.3, -0.25) is 9.59 Å². The molecule has 2 N–H and O–H groups in total. The van der Waals surface area contributed by atoms with E-state index in [-0.39, 0.29) is 51.3 Å². The molecule has 2 unspecified atom stereocenters. The molecular formula is C91H78ClLiO8. The molecule has 0 aromatic heterocycles. The number of aliphatic hydroxyl groups excluding tert-OH is 2. The largest absolute Gasteiger partial charge is 1.00 e. The Hall–Kier alpha value is -10.2. The summed E-state index contributed by atoms with van der Waals surface area (Å²) in [6.07, 6.45) is 0.00878. The van der Waals surface area contributed by atoms with E-state index in [2.05, 4.69) is 218 Å². The van der Waals surface area contributed by atoms with Gasteiger partial charge in [0.15, 0.2) is 12.6 Å². The van der Waals surface area contributed by atoms with Crippen molar-refractivity contribution in [2.45, 2.75) is 38.6 Å². The Kier molecular flexibility index (Phi) is 24.3. The van der Waals surface area contributed by atoms with E-state index in [1.54, 1.807) is 42.3 Å². The zero-order chi connectivity index (χ0) is 67.8. The summed E-state index contributed by atoms with van der Waals surface area (Å²) >= 11 is 0. The van der Waals surface area contributed by atoms with Gasteiger partial charge < -0.3 is 36.6 Å². The van der Waals surface area contributed by atoms with Crippen molar-refractivity contribution < 1.29 is 57.6 Å². The number of halogens is 1. The van der Waals surface area contributed by atoms with Gasteiger partial charge in [0.1, 0.15) is 12.6 Å². The molecule has 0 fully saturated rings. The molecule has 498 valence electrons. The molecule has 0 saturated heterocycles. The maximum Gasteiger partial charge on any atom is 1.00 e. The second-order valence-electron chi connectivity index (χ2n) is 24.4. The standard InChI is InChI=1S/C32H30O4.C30H26O2.C28H18O2.CH3.ClH.Li/c1-33-31(34-2)23-17-13-21(14-18-23)29-25-9-5-7-11-27(25)30(28-12-8-6-10-26(28)29)22-15-19-24(20-16-22)32(35-3)36-4;1-19(31)21-11-15-23(16-12-21)29-25-7-3-5-9-27(25)30(28-10-6-4-8-26(28)29)24-17-13-22(14-18-24)20(2)32;29-17-19-9-13-21(14-10-19)27-23-5-1-2-6-24(23)28(26-8-4-3-7-25(26)27)22-15-11-20(18-30)12-16-22;;;/h5-20,31-32H,1-4H3;3-20,31-32H,1-2H3;1-18H;1H3;1H;/q;;;-1;;+1. The molecular weight excluding hydrogens is 1260 g/mol. The summed E-state index contributed by atoms with van der Waals surface area (Å²) in [5.41, 5.74) is 19.0. The second-order valence-corrected chi connectivity index (χ2v) is 24.4. The Bertz CT molecular complexity index is 4840. The van der Waals surface area contributed by atoms with Crippen LogP contribution in [0.1, 0.15) is 81.6 Å². The third-order valence-electron chi connectivity index (χ3n) is 18.6. The van der Waals surface area contributed by atoms with E-state index in [0.29, 0.717) is 11.1 Å². The Balaban J connectivity index is 0.000000162. The van der Waals surface area contributed by atoms with Crippen LogP contribution < -0.4 is 18.9 Å². The van der Waals surface area contributed by atoms with E-state index in [1.165, 1.54) is 65.3 Å². The number of aldehydes is 2. The molecule has 10 heteroatoms. The van der Waals surface area contributed by atoms with Gasteiger partial charge in [-0.2, -0.15) is 0 Å². The summed E-state index contributed by atoms with van der Waals surface area (Å²) in [7, 11) is 6.61. The molecule has 0 spiro atoms. The van der Waals surface area contributed by atoms with Crippen molar-refractivity contribution in [3.8, 4) is 66.8 Å². The summed E-state index contributed by atoms with van der Waals surface area (Å²) < 4.78 is 21.7. The molecule has 2 atom stereocenters. The molecule has 0 aliphatic heterocycles. The quantitative estimate of drug-likeness (QED) is 0.0324. The predicted molar refractivity (Wildman–Crippen MR) is 416 cm³/mol. The minimum absolute atomic E-state index is 0. The number of benzene rings is 15. The third kappa shape index (κ3) is 14.9. The maximum atomic E-state index is 11.1. The van der Waals surface area contributed by atoms with Crippen molar-refractivity contribution in [2.75, 3.05) is 28.4 Å². The third-order valence-corrected chi connectivity index (χ3v) is 18.6. The van der Waals surface area contributed by atoms with E-state index < -0.39 is 12.2 Å². The molecule has 0 aliphatic rings. The molecule has 8 nitrogen and oxygen atoms in total. The number of carbonyl (C=O) groups is 2. The average Bonchev–Trinajstić information content (AvgIpc) is 0.752. The van der Waals surface area contributed by atoms with Crippen LogP contribution in [-0.2, 0) is 18.9 Å². The van der Waals surface area contributed by atoms with Gasteiger partial charge in [-0.15, -0.1) is 12.4 Å². The zero-order valence-electron chi connectivity index (χ0n) is 57.9. The van der Waals surface area contributed by atoms with Gasteiger partial charge >= 0.3 is 18.9 Å². The van der Waals surface area contributed by atoms with Crippen LogP contribution in [-0.4, -0.2) is 51.2 Å². The second kappa shape index (κ2) is 33.3. The maximum absolute atomic E-state index is 11.1. The Labute approximate surface area is 609 Å². The zero-order valence-corrected chi connectivity index (χ0v) is 58.7. The van der Waals surface area contributed by atoms with Crippen LogP contribution in [0.25, 0.3) is 131 Å². The number of rotatable bonds is 16. The van der Waals surface area contributed by atoms with E-state index in [4.69, 9.17) is 18.9 Å². The monoisotopic (exact) mass is 1340 g/mol. The van der Waals surface area contributed by atoms with Crippen molar-refractivity contribution in [3.05, 3.63) is 332 Å². The van der Waals surface area contributed by atoms with E-state index in [1.807, 2.05) is 72.8 Å². The van der Waals surface area contributed by atoms with Crippen LogP contribution in [0, 0.1) is 7.43 Å². The topological polar surface area (TPSA) is 112 Å². The summed E-state index contributed by atoms with van der Waals surface area (Å²) in [5, 5.41) is 34.1. The smallest absolute Gasteiger partial charge is 0.389 e. The number of fused-ring (bicyclic) bond motifs is 6. The number of hydrogen-bond acceptors (Lipinski definition) is 8. The van der Waals surface area contributed by atoms with Gasteiger partial charge in [0, 0.05) is 50.7 Å². The van der Waals surface area contributed by atoms with Crippen molar-refractivity contribution in [3.63, 3.8) is 0 Å². The fourth-order valence-electron chi connectivity index (χ4n) is 13.9. The molecule has 15 aromatic carbocycles. The van der Waals surface area contributed by atoms with E-state index in [0.717, 1.165) is 101 Å². The normalized spacial score (nSPS) is 11.7. The first kappa shape index (κ1) is 73.6. The van der Waals surface area contributed by atoms with Gasteiger partial charge in [-0.25, -0.2) is 0 Å². The predicted octanol–water partition coefficient (Wildman–Crippen LogP) is 20.2. The number of methoxy groups -OCH3 is 4. The van der Waals surface area contributed by atoms with Crippen LogP contribution >= 0.6 is 12.4 Å². The molecule has 15 aromatic rings. The number of aliphatic hydroxyl groups is 2. The first-order valence-electron chi connectivity index (χ1n) is 32.8. The number of carbonyl (C=O) groups excluding carboxylic acids is 2. The van der Waals surface area contributed by atoms with Crippen LogP contribution in [0.3, 0.4) is 0 Å². The van der Waals surface area contributed by atoms with Crippen molar-refractivity contribution >= 4 is 89.6 Å². The van der Waals surface area contributed by atoms with Gasteiger partial charge in [-0.05, 0) is 156 Å². The van der Waals surface area contributed by atoms with Gasteiger partial charge in [0.25, 0.3) is 0 Å². The Morgan fingerprint density at radius 1 is 0.257 bits per heavy atom. The average molecular weight is 1340 g/mol. The van der Waals surface area contributed by atoms with Crippen LogP contribution in [0.5, 0.6) is 0 Å². The minimum Gasteiger partial charge on any atom is -0.389 e. The molecule has 15 rings (SSSR count).